The molecule has 1 amide bonds. The zero-order valence-electron chi connectivity index (χ0n) is 11.3. The number of hydrogen-bond acceptors (Lipinski definition) is 3. The maximum Gasteiger partial charge on any atom is 0.248 e. The Morgan fingerprint density at radius 3 is 2.95 bits per heavy atom. The Morgan fingerprint density at radius 2 is 2.20 bits per heavy atom. The van der Waals surface area contributed by atoms with E-state index >= 15 is 0 Å². The van der Waals surface area contributed by atoms with Crippen LogP contribution >= 0.6 is 0 Å². The third kappa shape index (κ3) is 2.72. The molecular weight excluding hydrogens is 254 g/mol. The summed E-state index contributed by atoms with van der Waals surface area (Å²) in [5.74, 6) is -0.0575. The van der Waals surface area contributed by atoms with Crippen molar-refractivity contribution in [2.75, 3.05) is 6.54 Å². The van der Waals surface area contributed by atoms with Gasteiger partial charge >= 0.3 is 0 Å². The average molecular weight is 271 g/mol. The van der Waals surface area contributed by atoms with Crippen LogP contribution in [0.4, 0.5) is 0 Å². The predicted molar refractivity (Wildman–Crippen MR) is 74.1 cm³/mol. The van der Waals surface area contributed by atoms with Crippen molar-refractivity contribution in [3.63, 3.8) is 0 Å². The Bertz CT molecular complexity index is 594. The van der Waals surface area contributed by atoms with Gasteiger partial charge in [-0.15, -0.1) is 0 Å². The fourth-order valence-corrected chi connectivity index (χ4v) is 2.29. The first kappa shape index (κ1) is 12.9. The van der Waals surface area contributed by atoms with Crippen LogP contribution in [0.3, 0.4) is 0 Å². The monoisotopic (exact) mass is 271 g/mol. The number of hydrogen-bond donors (Lipinski definition) is 1. The van der Waals surface area contributed by atoms with E-state index in [-0.39, 0.29) is 12.0 Å². The first-order valence-electron chi connectivity index (χ1n) is 6.72. The first-order valence-corrected chi connectivity index (χ1v) is 6.72. The Balaban J connectivity index is 1.69. The third-order valence-corrected chi connectivity index (χ3v) is 3.41. The van der Waals surface area contributed by atoms with Gasteiger partial charge in [0, 0.05) is 18.3 Å². The minimum absolute atomic E-state index is 0.0575. The summed E-state index contributed by atoms with van der Waals surface area (Å²) in [5, 5.41) is 7.19. The van der Waals surface area contributed by atoms with Crippen molar-refractivity contribution in [2.24, 2.45) is 0 Å². The third-order valence-electron chi connectivity index (χ3n) is 3.41. The minimum atomic E-state index is -0.411. The number of morpholine rings is 1. The average Bonchev–Trinajstić information content (AvgIpc) is 2.91. The highest BCUT2D eigenvalue weighted by atomic mass is 16.5. The van der Waals surface area contributed by atoms with Crippen molar-refractivity contribution >= 4 is 5.91 Å². The standard InChI is InChI=1S/C15H17N3O2/c1-11-15(19)16-8-14(20-11)13-7-17-18(10-13)9-12-5-3-2-4-6-12/h2-7,10-11,14H,8-9H2,1H3,(H,16,19). The molecule has 1 aromatic carbocycles. The Kier molecular flexibility index (Phi) is 3.52. The summed E-state index contributed by atoms with van der Waals surface area (Å²) in [6.07, 6.45) is 3.25. The summed E-state index contributed by atoms with van der Waals surface area (Å²) >= 11 is 0. The van der Waals surface area contributed by atoms with Gasteiger partial charge in [0.15, 0.2) is 0 Å². The van der Waals surface area contributed by atoms with Crippen LogP contribution < -0.4 is 5.32 Å². The molecule has 2 unspecified atom stereocenters. The predicted octanol–water partition coefficient (Wildman–Crippen LogP) is 1.51. The van der Waals surface area contributed by atoms with Gasteiger partial charge in [-0.2, -0.15) is 5.10 Å². The van der Waals surface area contributed by atoms with Gasteiger partial charge in [-0.1, -0.05) is 30.3 Å². The van der Waals surface area contributed by atoms with E-state index < -0.39 is 6.10 Å². The lowest BCUT2D eigenvalue weighted by Crippen LogP contribution is -2.44. The van der Waals surface area contributed by atoms with Gasteiger partial charge in [-0.25, -0.2) is 0 Å². The number of ether oxygens (including phenoxy) is 1. The fraction of sp³-hybridized carbons (Fsp3) is 0.333. The lowest BCUT2D eigenvalue weighted by atomic mass is 10.1. The number of nitrogens with zero attached hydrogens (tertiary/aromatic N) is 2. The number of nitrogens with one attached hydrogen (secondary N) is 1. The molecule has 2 aromatic rings. The van der Waals surface area contributed by atoms with E-state index in [4.69, 9.17) is 4.74 Å². The maximum atomic E-state index is 11.4. The second-order valence-corrected chi connectivity index (χ2v) is 4.97. The molecule has 2 heterocycles. The number of amides is 1. The van der Waals surface area contributed by atoms with Crippen LogP contribution in [0.5, 0.6) is 0 Å². The molecule has 1 N–H and O–H groups in total. The van der Waals surface area contributed by atoms with E-state index in [0.29, 0.717) is 6.54 Å². The largest absolute Gasteiger partial charge is 0.359 e. The highest BCUT2D eigenvalue weighted by Gasteiger charge is 2.27. The molecule has 3 rings (SSSR count). The first-order chi connectivity index (χ1) is 9.72. The SMILES string of the molecule is CC1OC(c2cnn(Cc3ccccc3)c2)CNC1=O. The normalized spacial score (nSPS) is 22.6. The van der Waals surface area contributed by atoms with Crippen molar-refractivity contribution in [3.05, 3.63) is 53.9 Å². The number of carbonyl (C=O) groups is 1. The van der Waals surface area contributed by atoms with Gasteiger partial charge in [0.2, 0.25) is 5.91 Å². The Labute approximate surface area is 117 Å². The second-order valence-electron chi connectivity index (χ2n) is 4.97. The lowest BCUT2D eigenvalue weighted by molar-refractivity contribution is -0.142. The molecule has 20 heavy (non-hydrogen) atoms. The van der Waals surface area contributed by atoms with Gasteiger partial charge in [-0.05, 0) is 12.5 Å². The van der Waals surface area contributed by atoms with Crippen molar-refractivity contribution in [2.45, 2.75) is 25.7 Å². The fourth-order valence-electron chi connectivity index (χ4n) is 2.29. The number of rotatable bonds is 3. The molecule has 2 atom stereocenters. The van der Waals surface area contributed by atoms with E-state index in [2.05, 4.69) is 22.5 Å². The van der Waals surface area contributed by atoms with Crippen molar-refractivity contribution in [1.82, 2.24) is 15.1 Å². The summed E-state index contributed by atoms with van der Waals surface area (Å²) in [6.45, 7) is 2.99. The molecule has 0 saturated carbocycles. The highest BCUT2D eigenvalue weighted by molar-refractivity contribution is 5.81. The van der Waals surface area contributed by atoms with Gasteiger partial charge in [0.25, 0.3) is 0 Å². The molecule has 0 spiro atoms. The molecule has 5 heteroatoms. The molecule has 0 aliphatic carbocycles. The molecule has 1 aliphatic rings. The second kappa shape index (κ2) is 5.46. The molecular formula is C15H17N3O2. The maximum absolute atomic E-state index is 11.4. The molecule has 5 nitrogen and oxygen atoms in total. The van der Waals surface area contributed by atoms with Gasteiger partial charge < -0.3 is 10.1 Å². The van der Waals surface area contributed by atoms with Crippen LogP contribution in [0.25, 0.3) is 0 Å². The highest BCUT2D eigenvalue weighted by Crippen LogP contribution is 2.21. The van der Waals surface area contributed by atoms with Crippen LogP contribution in [0.1, 0.15) is 24.2 Å². The van der Waals surface area contributed by atoms with Crippen LogP contribution in [-0.2, 0) is 16.1 Å². The van der Waals surface area contributed by atoms with Gasteiger partial charge in [0.05, 0.1) is 12.7 Å². The van der Waals surface area contributed by atoms with Crippen LogP contribution in [0, 0.1) is 0 Å². The van der Waals surface area contributed by atoms with E-state index in [0.717, 1.165) is 12.1 Å². The summed E-state index contributed by atoms with van der Waals surface area (Å²) in [5.41, 5.74) is 2.20. The summed E-state index contributed by atoms with van der Waals surface area (Å²) in [4.78, 5) is 11.4. The quantitative estimate of drug-likeness (QED) is 0.920. The van der Waals surface area contributed by atoms with Crippen molar-refractivity contribution in [1.29, 1.82) is 0 Å². The number of benzene rings is 1. The molecule has 104 valence electrons. The van der Waals surface area contributed by atoms with E-state index in [1.165, 1.54) is 5.56 Å². The topological polar surface area (TPSA) is 56.1 Å². The van der Waals surface area contributed by atoms with Crippen LogP contribution in [0.2, 0.25) is 0 Å². The molecule has 0 bridgehead atoms. The summed E-state index contributed by atoms with van der Waals surface area (Å²) in [6, 6.07) is 10.2. The van der Waals surface area contributed by atoms with Crippen LogP contribution in [0.15, 0.2) is 42.7 Å². The van der Waals surface area contributed by atoms with Crippen molar-refractivity contribution in [3.8, 4) is 0 Å². The summed E-state index contributed by atoms with van der Waals surface area (Å²) < 4.78 is 7.57. The van der Waals surface area contributed by atoms with Gasteiger partial charge in [0.1, 0.15) is 12.2 Å². The van der Waals surface area contributed by atoms with E-state index in [9.17, 15) is 4.79 Å². The Morgan fingerprint density at radius 1 is 1.40 bits per heavy atom. The van der Waals surface area contributed by atoms with Crippen LogP contribution in [-0.4, -0.2) is 28.3 Å². The van der Waals surface area contributed by atoms with E-state index in [1.807, 2.05) is 29.1 Å². The molecule has 1 aliphatic heterocycles. The molecule has 1 aromatic heterocycles. The summed E-state index contributed by atoms with van der Waals surface area (Å²) in [7, 11) is 0. The van der Waals surface area contributed by atoms with Gasteiger partial charge in [-0.3, -0.25) is 9.48 Å². The van der Waals surface area contributed by atoms with E-state index in [1.54, 1.807) is 13.1 Å². The number of aromatic nitrogens is 2. The zero-order valence-corrected chi connectivity index (χ0v) is 11.3. The number of carbonyl (C=O) groups excluding carboxylic acids is 1. The smallest absolute Gasteiger partial charge is 0.248 e. The molecule has 0 radical (unpaired) electrons. The van der Waals surface area contributed by atoms with Crippen molar-refractivity contribution < 1.29 is 9.53 Å². The Hall–Kier alpha value is -2.14. The zero-order chi connectivity index (χ0) is 13.9. The molecule has 1 fully saturated rings. The molecule has 1 saturated heterocycles. The minimum Gasteiger partial charge on any atom is -0.359 e. The lowest BCUT2D eigenvalue weighted by Gasteiger charge is -2.27.